The van der Waals surface area contributed by atoms with E-state index in [1.807, 2.05) is 0 Å². The number of hydrogen-bond acceptors (Lipinski definition) is 11. The third-order valence-electron chi connectivity index (χ3n) is 4.19. The highest BCUT2D eigenvalue weighted by Crippen LogP contribution is 2.29. The zero-order valence-corrected chi connectivity index (χ0v) is 13.0. The summed E-state index contributed by atoms with van der Waals surface area (Å²) in [5.41, 5.74) is 0. The summed E-state index contributed by atoms with van der Waals surface area (Å²) in [7, 11) is 1.24. The van der Waals surface area contributed by atoms with Crippen LogP contribution in [0.25, 0.3) is 0 Å². The molecule has 0 spiro atoms. The van der Waals surface area contributed by atoms with Gasteiger partial charge in [0.15, 0.2) is 12.6 Å². The number of methoxy groups -OCH3 is 1. The molecule has 2 heterocycles. The second-order valence-electron chi connectivity index (χ2n) is 5.74. The SMILES string of the molecule is CO[C@@H]1OC(CO)[C@H](OC2O[C@@H](CO)[C@H](O)[C@@H](O)[C@@H]2O)[C@H](O)[C@@H]1O. The van der Waals surface area contributed by atoms with E-state index in [9.17, 15) is 30.6 Å². The molecule has 10 atom stereocenters. The number of hydrogen-bond donors (Lipinski definition) is 7. The number of aliphatic hydroxyl groups excluding tert-OH is 7. The van der Waals surface area contributed by atoms with E-state index in [0.717, 1.165) is 0 Å². The van der Waals surface area contributed by atoms with Crippen molar-refractivity contribution >= 4 is 0 Å². The van der Waals surface area contributed by atoms with Crippen LogP contribution in [-0.4, -0.2) is 117 Å². The molecule has 2 unspecified atom stereocenters. The Kier molecular flexibility index (Phi) is 6.87. The molecule has 11 nitrogen and oxygen atoms in total. The molecule has 7 N–H and O–H groups in total. The van der Waals surface area contributed by atoms with Gasteiger partial charge >= 0.3 is 0 Å². The monoisotopic (exact) mass is 356 g/mol. The minimum absolute atomic E-state index is 0.592. The predicted octanol–water partition coefficient (Wildman–Crippen LogP) is -4.74. The van der Waals surface area contributed by atoms with Crippen molar-refractivity contribution in [2.75, 3.05) is 20.3 Å². The van der Waals surface area contributed by atoms with Gasteiger partial charge in [0.05, 0.1) is 13.2 Å². The Bertz CT molecular complexity index is 392. The zero-order valence-electron chi connectivity index (χ0n) is 13.0. The summed E-state index contributed by atoms with van der Waals surface area (Å²) >= 11 is 0. The second-order valence-corrected chi connectivity index (χ2v) is 5.74. The molecular weight excluding hydrogens is 332 g/mol. The first-order chi connectivity index (χ1) is 11.3. The lowest BCUT2D eigenvalue weighted by Crippen LogP contribution is -2.64. The summed E-state index contributed by atoms with van der Waals surface area (Å²) in [6.07, 6.45) is -14.3. The Morgan fingerprint density at radius 3 is 1.79 bits per heavy atom. The Hall–Kier alpha value is -0.440. The van der Waals surface area contributed by atoms with Crippen LogP contribution in [-0.2, 0) is 18.9 Å². The molecule has 0 radical (unpaired) electrons. The van der Waals surface area contributed by atoms with E-state index >= 15 is 0 Å². The molecule has 2 aliphatic rings. The lowest BCUT2D eigenvalue weighted by Gasteiger charge is -2.45. The molecule has 142 valence electrons. The van der Waals surface area contributed by atoms with E-state index in [0.29, 0.717) is 0 Å². The third kappa shape index (κ3) is 3.71. The highest BCUT2D eigenvalue weighted by molar-refractivity contribution is 4.93. The minimum Gasteiger partial charge on any atom is -0.394 e. The highest BCUT2D eigenvalue weighted by atomic mass is 16.7. The van der Waals surface area contributed by atoms with E-state index in [-0.39, 0.29) is 0 Å². The standard InChI is InChI=1S/C13H24O11/c1-21-12-10(20)8(18)11(5(3-15)23-12)24-13-9(19)7(17)6(16)4(2-14)22-13/h4-20H,2-3H2,1H3/t4-,5?,6-,7+,8+,9-,10-,11-,12+,13?/m0/s1. The van der Waals surface area contributed by atoms with Crippen molar-refractivity contribution in [2.24, 2.45) is 0 Å². The highest BCUT2D eigenvalue weighted by Gasteiger charge is 2.50. The first kappa shape index (κ1) is 19.9. The molecule has 2 rings (SSSR count). The molecule has 2 fully saturated rings. The van der Waals surface area contributed by atoms with Crippen LogP contribution in [0.3, 0.4) is 0 Å². The maximum atomic E-state index is 10.2. The van der Waals surface area contributed by atoms with Crippen molar-refractivity contribution in [1.29, 1.82) is 0 Å². The van der Waals surface area contributed by atoms with Crippen molar-refractivity contribution in [2.45, 2.75) is 61.4 Å². The van der Waals surface area contributed by atoms with E-state index in [1.54, 1.807) is 0 Å². The van der Waals surface area contributed by atoms with Crippen molar-refractivity contribution in [3.8, 4) is 0 Å². The van der Waals surface area contributed by atoms with Gasteiger partial charge in [-0.2, -0.15) is 0 Å². The number of aliphatic hydroxyl groups is 7. The Morgan fingerprint density at radius 1 is 0.708 bits per heavy atom. The molecule has 0 aromatic heterocycles. The topological polar surface area (TPSA) is 179 Å². The number of rotatable bonds is 5. The van der Waals surface area contributed by atoms with Gasteiger partial charge in [-0.3, -0.25) is 0 Å². The van der Waals surface area contributed by atoms with Crippen molar-refractivity contribution < 1.29 is 54.7 Å². The molecule has 2 saturated heterocycles. The first-order valence-corrected chi connectivity index (χ1v) is 7.46. The summed E-state index contributed by atoms with van der Waals surface area (Å²) in [5.74, 6) is 0. The van der Waals surface area contributed by atoms with Crippen LogP contribution in [0.2, 0.25) is 0 Å². The molecule has 24 heavy (non-hydrogen) atoms. The van der Waals surface area contributed by atoms with Crippen LogP contribution >= 0.6 is 0 Å². The van der Waals surface area contributed by atoms with Gasteiger partial charge in [-0.05, 0) is 0 Å². The average Bonchev–Trinajstić information content (AvgIpc) is 2.59. The van der Waals surface area contributed by atoms with Crippen LogP contribution in [0.15, 0.2) is 0 Å². The van der Waals surface area contributed by atoms with Gasteiger partial charge in [0.2, 0.25) is 0 Å². The van der Waals surface area contributed by atoms with E-state index in [4.69, 9.17) is 24.1 Å². The smallest absolute Gasteiger partial charge is 0.187 e. The molecular formula is C13H24O11. The average molecular weight is 356 g/mol. The fraction of sp³-hybridized carbons (Fsp3) is 1.00. The normalized spacial score (nSPS) is 50.0. The van der Waals surface area contributed by atoms with E-state index < -0.39 is 74.6 Å². The third-order valence-corrected chi connectivity index (χ3v) is 4.19. The molecule has 2 aliphatic heterocycles. The van der Waals surface area contributed by atoms with Crippen LogP contribution in [0, 0.1) is 0 Å². The molecule has 0 aliphatic carbocycles. The molecule has 0 saturated carbocycles. The predicted molar refractivity (Wildman–Crippen MR) is 73.4 cm³/mol. The summed E-state index contributed by atoms with van der Waals surface area (Å²) in [6.45, 7) is -1.24. The van der Waals surface area contributed by atoms with Gasteiger partial charge in [-0.1, -0.05) is 0 Å². The van der Waals surface area contributed by atoms with Crippen LogP contribution < -0.4 is 0 Å². The van der Waals surface area contributed by atoms with Crippen molar-refractivity contribution in [3.05, 3.63) is 0 Å². The molecule has 0 amide bonds. The molecule has 11 heteroatoms. The van der Waals surface area contributed by atoms with Gasteiger partial charge in [-0.25, -0.2) is 0 Å². The fourth-order valence-corrected chi connectivity index (χ4v) is 2.75. The fourth-order valence-electron chi connectivity index (χ4n) is 2.75. The minimum atomic E-state index is -1.69. The van der Waals surface area contributed by atoms with Crippen LogP contribution in [0.1, 0.15) is 0 Å². The molecule has 0 bridgehead atoms. The van der Waals surface area contributed by atoms with Gasteiger partial charge < -0.3 is 54.7 Å². The summed E-state index contributed by atoms with van der Waals surface area (Å²) in [5, 5.41) is 68.0. The van der Waals surface area contributed by atoms with Gasteiger partial charge in [-0.15, -0.1) is 0 Å². The summed E-state index contributed by atoms with van der Waals surface area (Å²) < 4.78 is 20.6. The summed E-state index contributed by atoms with van der Waals surface area (Å²) in [4.78, 5) is 0. The number of ether oxygens (including phenoxy) is 4. The van der Waals surface area contributed by atoms with Crippen molar-refractivity contribution in [1.82, 2.24) is 0 Å². The molecule has 0 aromatic rings. The van der Waals surface area contributed by atoms with Gasteiger partial charge in [0, 0.05) is 7.11 Å². The lowest BCUT2D eigenvalue weighted by molar-refractivity contribution is -0.357. The maximum Gasteiger partial charge on any atom is 0.187 e. The van der Waals surface area contributed by atoms with Gasteiger partial charge in [0.25, 0.3) is 0 Å². The lowest BCUT2D eigenvalue weighted by atomic mass is 9.97. The summed E-state index contributed by atoms with van der Waals surface area (Å²) in [6, 6.07) is 0. The van der Waals surface area contributed by atoms with Crippen LogP contribution in [0.5, 0.6) is 0 Å². The largest absolute Gasteiger partial charge is 0.394 e. The first-order valence-electron chi connectivity index (χ1n) is 7.46. The maximum absolute atomic E-state index is 10.2. The van der Waals surface area contributed by atoms with Crippen LogP contribution in [0.4, 0.5) is 0 Å². The quantitative estimate of drug-likeness (QED) is 0.251. The van der Waals surface area contributed by atoms with E-state index in [2.05, 4.69) is 0 Å². The second kappa shape index (κ2) is 8.29. The zero-order chi connectivity index (χ0) is 18.0. The Labute approximate surface area is 137 Å². The van der Waals surface area contributed by atoms with Gasteiger partial charge in [0.1, 0.15) is 48.8 Å². The van der Waals surface area contributed by atoms with E-state index in [1.165, 1.54) is 7.11 Å². The Balaban J connectivity index is 2.12. The van der Waals surface area contributed by atoms with Crippen molar-refractivity contribution in [3.63, 3.8) is 0 Å². The molecule has 0 aromatic carbocycles. The Morgan fingerprint density at radius 2 is 1.25 bits per heavy atom.